The van der Waals surface area contributed by atoms with Gasteiger partial charge in [-0.25, -0.2) is 0 Å². The summed E-state index contributed by atoms with van der Waals surface area (Å²) >= 11 is 0. The lowest BCUT2D eigenvalue weighted by Crippen LogP contribution is -2.49. The molecule has 2 aromatic carbocycles. The topological polar surface area (TPSA) is 58.6 Å². The average molecular weight is 352 g/mol. The Morgan fingerprint density at radius 1 is 1.15 bits per heavy atom. The summed E-state index contributed by atoms with van der Waals surface area (Å²) in [4.78, 5) is 26.7. The molecule has 0 aliphatic carbocycles. The molecule has 0 aromatic heterocycles. The molecular weight excluding hydrogens is 328 g/mol. The first-order valence-electron chi connectivity index (χ1n) is 8.84. The number of amides is 1. The van der Waals surface area contributed by atoms with Gasteiger partial charge in [0.05, 0.1) is 6.42 Å². The van der Waals surface area contributed by atoms with Crippen LogP contribution >= 0.6 is 0 Å². The molecule has 0 bridgehead atoms. The first-order valence-corrected chi connectivity index (χ1v) is 8.84. The zero-order chi connectivity index (χ0) is 18.5. The summed E-state index contributed by atoms with van der Waals surface area (Å²) in [6, 6.07) is 15.2. The van der Waals surface area contributed by atoms with Crippen molar-refractivity contribution in [3.63, 3.8) is 0 Å². The van der Waals surface area contributed by atoms with E-state index in [-0.39, 0.29) is 18.3 Å². The smallest absolute Gasteiger partial charge is 0.323 e. The second-order valence-corrected chi connectivity index (χ2v) is 6.69. The number of morpholine rings is 1. The van der Waals surface area contributed by atoms with E-state index < -0.39 is 6.04 Å². The number of benzene rings is 2. The molecule has 1 unspecified atom stereocenters. The van der Waals surface area contributed by atoms with E-state index in [4.69, 9.17) is 4.74 Å². The Hall–Kier alpha value is -2.66. The number of anilines is 1. The maximum atomic E-state index is 12.5. The zero-order valence-electron chi connectivity index (χ0n) is 15.2. The summed E-state index contributed by atoms with van der Waals surface area (Å²) < 4.78 is 5.18. The van der Waals surface area contributed by atoms with Crippen LogP contribution in [0.5, 0.6) is 0 Å². The predicted molar refractivity (Wildman–Crippen MR) is 101 cm³/mol. The van der Waals surface area contributed by atoms with Crippen LogP contribution in [0, 0.1) is 13.8 Å². The molecule has 26 heavy (non-hydrogen) atoms. The van der Waals surface area contributed by atoms with E-state index in [0.29, 0.717) is 19.7 Å². The maximum Gasteiger partial charge on any atom is 0.323 e. The Kier molecular flexibility index (Phi) is 5.68. The molecule has 5 heteroatoms. The van der Waals surface area contributed by atoms with E-state index >= 15 is 0 Å². The van der Waals surface area contributed by atoms with Gasteiger partial charge in [-0.3, -0.25) is 14.5 Å². The van der Waals surface area contributed by atoms with Crippen molar-refractivity contribution >= 4 is 17.6 Å². The van der Waals surface area contributed by atoms with Gasteiger partial charge < -0.3 is 10.1 Å². The predicted octanol–water partition coefficient (Wildman–Crippen LogP) is 3.06. The van der Waals surface area contributed by atoms with E-state index in [0.717, 1.165) is 16.8 Å². The van der Waals surface area contributed by atoms with Gasteiger partial charge in [0, 0.05) is 18.8 Å². The van der Waals surface area contributed by atoms with Crippen LogP contribution in [0.3, 0.4) is 0 Å². The van der Waals surface area contributed by atoms with Crippen molar-refractivity contribution in [2.75, 3.05) is 18.5 Å². The van der Waals surface area contributed by atoms with Crippen molar-refractivity contribution in [2.45, 2.75) is 32.9 Å². The van der Waals surface area contributed by atoms with Crippen molar-refractivity contribution in [2.24, 2.45) is 0 Å². The molecule has 2 aromatic rings. The number of ether oxygens (including phenoxy) is 1. The first-order chi connectivity index (χ1) is 12.5. The normalized spacial score (nSPS) is 17.6. The van der Waals surface area contributed by atoms with Crippen molar-refractivity contribution in [3.05, 3.63) is 65.2 Å². The fraction of sp³-hybridized carbons (Fsp3) is 0.333. The van der Waals surface area contributed by atoms with E-state index in [1.807, 2.05) is 67.3 Å². The first kappa shape index (κ1) is 18.1. The molecule has 0 spiro atoms. The van der Waals surface area contributed by atoms with Crippen LogP contribution in [0.15, 0.2) is 48.5 Å². The van der Waals surface area contributed by atoms with Gasteiger partial charge in [0.2, 0.25) is 5.91 Å². The summed E-state index contributed by atoms with van der Waals surface area (Å²) in [5.74, 6) is -0.516. The van der Waals surface area contributed by atoms with Gasteiger partial charge in [-0.15, -0.1) is 0 Å². The number of hydrogen-bond donors (Lipinski definition) is 1. The molecule has 5 nitrogen and oxygen atoms in total. The van der Waals surface area contributed by atoms with Crippen LogP contribution in [0.2, 0.25) is 0 Å². The van der Waals surface area contributed by atoms with Crippen molar-refractivity contribution in [1.29, 1.82) is 0 Å². The molecule has 1 heterocycles. The highest BCUT2D eigenvalue weighted by Crippen LogP contribution is 2.18. The van der Waals surface area contributed by atoms with Gasteiger partial charge in [-0.05, 0) is 42.7 Å². The van der Waals surface area contributed by atoms with Crippen LogP contribution in [0.25, 0.3) is 0 Å². The molecule has 1 atom stereocenters. The third-order valence-corrected chi connectivity index (χ3v) is 4.73. The number of hydrogen-bond acceptors (Lipinski definition) is 4. The lowest BCUT2D eigenvalue weighted by atomic mass is 10.1. The second kappa shape index (κ2) is 8.15. The number of carbonyl (C=O) groups excluding carboxylic acids is 2. The van der Waals surface area contributed by atoms with Crippen LogP contribution in [-0.2, 0) is 20.9 Å². The molecule has 3 rings (SSSR count). The fourth-order valence-corrected chi connectivity index (χ4v) is 3.09. The highest BCUT2D eigenvalue weighted by molar-refractivity contribution is 5.94. The minimum absolute atomic E-state index is 0.0819. The van der Waals surface area contributed by atoms with E-state index in [1.165, 1.54) is 5.56 Å². The van der Waals surface area contributed by atoms with Gasteiger partial charge in [-0.2, -0.15) is 0 Å². The van der Waals surface area contributed by atoms with Crippen molar-refractivity contribution in [1.82, 2.24) is 4.90 Å². The molecule has 1 N–H and O–H groups in total. The maximum absolute atomic E-state index is 12.5. The third kappa shape index (κ3) is 4.49. The number of rotatable bonds is 5. The third-order valence-electron chi connectivity index (χ3n) is 4.73. The van der Waals surface area contributed by atoms with E-state index in [1.54, 1.807) is 0 Å². The Labute approximate surface area is 154 Å². The van der Waals surface area contributed by atoms with Gasteiger partial charge >= 0.3 is 5.97 Å². The molecule has 0 saturated carbocycles. The molecular formula is C21H24N2O3. The molecule has 1 aliphatic heterocycles. The molecule has 136 valence electrons. The van der Waals surface area contributed by atoms with Crippen LogP contribution < -0.4 is 5.32 Å². The minimum Gasteiger partial charge on any atom is -0.463 e. The number of cyclic esters (lactones) is 1. The summed E-state index contributed by atoms with van der Waals surface area (Å²) in [5, 5.41) is 2.89. The number of nitrogens with zero attached hydrogens (tertiary/aromatic N) is 1. The van der Waals surface area contributed by atoms with Gasteiger partial charge in [0.25, 0.3) is 0 Å². The number of esters is 1. The Morgan fingerprint density at radius 2 is 1.92 bits per heavy atom. The lowest BCUT2D eigenvalue weighted by molar-refractivity contribution is -0.159. The molecule has 0 radical (unpaired) electrons. The van der Waals surface area contributed by atoms with Crippen LogP contribution in [0.1, 0.15) is 23.1 Å². The molecule has 1 aliphatic rings. The highest BCUT2D eigenvalue weighted by atomic mass is 16.5. The Bertz CT molecular complexity index is 789. The Balaban J connectivity index is 1.66. The number of nitrogens with one attached hydrogen (secondary N) is 1. The summed E-state index contributed by atoms with van der Waals surface area (Å²) in [7, 11) is 0. The number of carbonyl (C=O) groups is 2. The monoisotopic (exact) mass is 352 g/mol. The summed E-state index contributed by atoms with van der Waals surface area (Å²) in [6.07, 6.45) is 0.0819. The SMILES string of the molecule is Cc1ccc(NC(=O)CC2C(=O)OCCN2Cc2ccccc2)cc1C. The van der Waals surface area contributed by atoms with Crippen molar-refractivity contribution < 1.29 is 14.3 Å². The summed E-state index contributed by atoms with van der Waals surface area (Å²) in [6.45, 7) is 5.65. The van der Waals surface area contributed by atoms with E-state index in [9.17, 15) is 9.59 Å². The van der Waals surface area contributed by atoms with Gasteiger partial charge in [0.15, 0.2) is 0 Å². The lowest BCUT2D eigenvalue weighted by Gasteiger charge is -2.33. The average Bonchev–Trinajstić information content (AvgIpc) is 2.62. The van der Waals surface area contributed by atoms with Gasteiger partial charge in [-0.1, -0.05) is 36.4 Å². The molecule has 1 fully saturated rings. The standard InChI is InChI=1S/C21H24N2O3/c1-15-8-9-18(12-16(15)2)22-20(24)13-19-21(25)26-11-10-23(19)14-17-6-4-3-5-7-17/h3-9,12,19H,10-11,13-14H2,1-2H3,(H,22,24). The largest absolute Gasteiger partial charge is 0.463 e. The molecule has 1 amide bonds. The van der Waals surface area contributed by atoms with Crippen LogP contribution in [0.4, 0.5) is 5.69 Å². The quantitative estimate of drug-likeness (QED) is 0.840. The van der Waals surface area contributed by atoms with E-state index in [2.05, 4.69) is 5.32 Å². The Morgan fingerprint density at radius 3 is 2.65 bits per heavy atom. The second-order valence-electron chi connectivity index (χ2n) is 6.69. The molecule has 1 saturated heterocycles. The fourth-order valence-electron chi connectivity index (χ4n) is 3.09. The number of aryl methyl sites for hydroxylation is 2. The van der Waals surface area contributed by atoms with Gasteiger partial charge in [0.1, 0.15) is 12.6 Å². The zero-order valence-corrected chi connectivity index (χ0v) is 15.2. The van der Waals surface area contributed by atoms with Crippen LogP contribution in [-0.4, -0.2) is 36.0 Å². The minimum atomic E-state index is -0.560. The summed E-state index contributed by atoms with van der Waals surface area (Å²) in [5.41, 5.74) is 4.15. The van der Waals surface area contributed by atoms with Crippen molar-refractivity contribution in [3.8, 4) is 0 Å². The highest BCUT2D eigenvalue weighted by Gasteiger charge is 2.33.